The summed E-state index contributed by atoms with van der Waals surface area (Å²) in [5.74, 6) is -3.23. The van der Waals surface area contributed by atoms with Crippen LogP contribution in [0.15, 0.2) is 78.9 Å². The lowest BCUT2D eigenvalue weighted by atomic mass is 9.79. The lowest BCUT2D eigenvalue weighted by molar-refractivity contribution is -0.164. The minimum absolute atomic E-state index is 0.284. The molecule has 3 aromatic carbocycles. The Morgan fingerprint density at radius 2 is 1.24 bits per heavy atom. The van der Waals surface area contributed by atoms with Crippen molar-refractivity contribution >= 4 is 35.4 Å². The molecule has 55 heavy (non-hydrogen) atoms. The summed E-state index contributed by atoms with van der Waals surface area (Å²) in [5.41, 5.74) is 4.99. The molecule has 4 N–H and O–H groups in total. The molecule has 0 heterocycles. The van der Waals surface area contributed by atoms with Crippen LogP contribution in [0.5, 0.6) is 0 Å². The van der Waals surface area contributed by atoms with Crippen molar-refractivity contribution in [1.29, 1.82) is 0 Å². The smallest absolute Gasteiger partial charge is 0.330 e. The number of ether oxygens (including phenoxy) is 4. The number of carbonyl (C=O) groups is 4. The summed E-state index contributed by atoms with van der Waals surface area (Å²) >= 11 is 6.88. The molecule has 0 fully saturated rings. The number of halogens is 1. The minimum atomic E-state index is -1.64. The number of amides is 2. The Labute approximate surface area is 331 Å². The van der Waals surface area contributed by atoms with E-state index >= 15 is 0 Å². The molecular weight excluding hydrogens is 722 g/mol. The van der Waals surface area contributed by atoms with Crippen molar-refractivity contribution in [1.82, 2.24) is 10.6 Å². The van der Waals surface area contributed by atoms with E-state index < -0.39 is 76.8 Å². The van der Waals surface area contributed by atoms with Crippen molar-refractivity contribution < 1.29 is 38.1 Å². The van der Waals surface area contributed by atoms with Gasteiger partial charge in [-0.3, -0.25) is 14.4 Å². The molecule has 3 rings (SSSR count). The first-order valence-electron chi connectivity index (χ1n) is 18.4. The Morgan fingerprint density at radius 1 is 0.691 bits per heavy atom. The molecule has 0 aromatic heterocycles. The molecule has 1 unspecified atom stereocenters. The van der Waals surface area contributed by atoms with Crippen molar-refractivity contribution in [3.63, 3.8) is 0 Å². The summed E-state index contributed by atoms with van der Waals surface area (Å²) in [5, 5.41) is 5.65. The molecule has 0 saturated heterocycles. The van der Waals surface area contributed by atoms with Crippen LogP contribution in [0.4, 0.5) is 0 Å². The van der Waals surface area contributed by atoms with Crippen LogP contribution < -0.4 is 16.4 Å². The van der Waals surface area contributed by atoms with Crippen LogP contribution in [0.1, 0.15) is 97.9 Å². The van der Waals surface area contributed by atoms with E-state index in [1.54, 1.807) is 84.9 Å². The van der Waals surface area contributed by atoms with E-state index in [9.17, 15) is 19.2 Å². The van der Waals surface area contributed by atoms with Gasteiger partial charge in [0.2, 0.25) is 11.8 Å². The van der Waals surface area contributed by atoms with Gasteiger partial charge in [0.1, 0.15) is 23.7 Å². The molecule has 300 valence electrons. The summed E-state index contributed by atoms with van der Waals surface area (Å²) < 4.78 is 24.0. The summed E-state index contributed by atoms with van der Waals surface area (Å²) in [4.78, 5) is 55.8. The van der Waals surface area contributed by atoms with Gasteiger partial charge in [0, 0.05) is 21.7 Å². The average Bonchev–Trinajstić information content (AvgIpc) is 3.07. The van der Waals surface area contributed by atoms with Crippen LogP contribution in [-0.2, 0) is 43.7 Å². The Morgan fingerprint density at radius 3 is 1.78 bits per heavy atom. The number of carbonyl (C=O) groups excluding carboxylic acids is 4. The fraction of sp³-hybridized carbons (Fsp3) is 0.488. The van der Waals surface area contributed by atoms with Crippen molar-refractivity contribution in [2.75, 3.05) is 6.61 Å². The molecule has 2 amide bonds. The lowest BCUT2D eigenvalue weighted by Gasteiger charge is -2.37. The maximum absolute atomic E-state index is 14.7. The number of esters is 2. The predicted molar refractivity (Wildman–Crippen MR) is 213 cm³/mol. The van der Waals surface area contributed by atoms with Gasteiger partial charge in [-0.15, -0.1) is 0 Å². The van der Waals surface area contributed by atoms with Gasteiger partial charge in [-0.25, -0.2) is 4.79 Å². The number of hydrogen-bond acceptors (Lipinski definition) is 9. The molecule has 12 heteroatoms. The van der Waals surface area contributed by atoms with Gasteiger partial charge < -0.3 is 35.3 Å². The summed E-state index contributed by atoms with van der Waals surface area (Å²) in [7, 11) is 0. The zero-order valence-electron chi connectivity index (χ0n) is 34.0. The molecular formula is C43H58ClN3O8. The van der Waals surface area contributed by atoms with Crippen molar-refractivity contribution in [2.45, 2.75) is 129 Å². The third-order valence-electron chi connectivity index (χ3n) is 8.20. The van der Waals surface area contributed by atoms with Gasteiger partial charge in [0.15, 0.2) is 5.60 Å². The van der Waals surface area contributed by atoms with E-state index in [1.807, 2.05) is 70.2 Å². The largest absolute Gasteiger partial charge is 0.460 e. The average molecular weight is 780 g/mol. The van der Waals surface area contributed by atoms with Crippen LogP contribution in [0.3, 0.4) is 0 Å². The van der Waals surface area contributed by atoms with Crippen LogP contribution in [0.25, 0.3) is 0 Å². The van der Waals surface area contributed by atoms with E-state index in [2.05, 4.69) is 10.6 Å². The molecule has 5 atom stereocenters. The van der Waals surface area contributed by atoms with Gasteiger partial charge in [-0.1, -0.05) is 90.0 Å². The zero-order valence-corrected chi connectivity index (χ0v) is 34.7. The Balaban J connectivity index is 2.13. The molecule has 0 radical (unpaired) electrons. The van der Waals surface area contributed by atoms with E-state index in [1.165, 1.54) is 0 Å². The van der Waals surface area contributed by atoms with E-state index in [4.69, 9.17) is 36.3 Å². The van der Waals surface area contributed by atoms with Crippen LogP contribution >= 0.6 is 11.6 Å². The van der Waals surface area contributed by atoms with Gasteiger partial charge in [0.05, 0.1) is 30.3 Å². The SMILES string of the molecule is Cc1ccc(C(OC(=O)[C@H](CC(=O)OC(C)(C)C)NC(=O)[C@H](COC(C)(C)C)NC(=O)[C@@H](N)[C@@H](C)OC(C)(C)C)(c2ccccc2)c2ccccc2Cl)cc1. The second kappa shape index (κ2) is 18.6. The van der Waals surface area contributed by atoms with Gasteiger partial charge in [0.25, 0.3) is 0 Å². The number of rotatable bonds is 15. The monoisotopic (exact) mass is 779 g/mol. The van der Waals surface area contributed by atoms with Crippen molar-refractivity contribution in [3.8, 4) is 0 Å². The summed E-state index contributed by atoms with van der Waals surface area (Å²) in [6, 6.07) is 19.4. The molecule has 0 aliphatic carbocycles. The van der Waals surface area contributed by atoms with Gasteiger partial charge in [-0.2, -0.15) is 0 Å². The number of benzene rings is 3. The zero-order chi connectivity index (χ0) is 41.4. The Hall–Kier alpha value is -4.29. The number of nitrogens with two attached hydrogens (primary N) is 1. The fourth-order valence-electron chi connectivity index (χ4n) is 5.72. The van der Waals surface area contributed by atoms with Crippen LogP contribution in [0, 0.1) is 6.92 Å². The third kappa shape index (κ3) is 13.5. The highest BCUT2D eigenvalue weighted by Crippen LogP contribution is 2.44. The molecule has 0 spiro atoms. The maximum Gasteiger partial charge on any atom is 0.330 e. The molecule has 0 aliphatic rings. The van der Waals surface area contributed by atoms with Crippen LogP contribution in [0.2, 0.25) is 5.02 Å². The topological polar surface area (TPSA) is 155 Å². The maximum atomic E-state index is 14.7. The fourth-order valence-corrected chi connectivity index (χ4v) is 5.99. The highest BCUT2D eigenvalue weighted by Gasteiger charge is 2.45. The second-order valence-electron chi connectivity index (χ2n) is 16.6. The summed E-state index contributed by atoms with van der Waals surface area (Å²) in [6.45, 7) is 19.3. The first-order chi connectivity index (χ1) is 25.4. The number of hydrogen-bond donors (Lipinski definition) is 3. The second-order valence-corrected chi connectivity index (χ2v) is 17.0. The third-order valence-corrected chi connectivity index (χ3v) is 8.53. The first kappa shape index (κ1) is 45.1. The molecule has 3 aromatic rings. The Kier molecular flexibility index (Phi) is 15.2. The molecule has 0 bridgehead atoms. The molecule has 0 saturated carbocycles. The molecule has 11 nitrogen and oxygen atoms in total. The van der Waals surface area contributed by atoms with E-state index in [0.717, 1.165) is 5.56 Å². The quantitative estimate of drug-likeness (QED) is 0.115. The number of nitrogens with one attached hydrogen (secondary N) is 2. The van der Waals surface area contributed by atoms with E-state index in [-0.39, 0.29) is 6.61 Å². The lowest BCUT2D eigenvalue weighted by Crippen LogP contribution is -2.59. The number of aryl methyl sites for hydroxylation is 1. The standard InChI is InChI=1S/C43H58ClN3O8/c1-27-21-23-30(24-22-27)43(29-17-13-12-14-18-29,31-19-15-16-20-32(31)44)55-39(51)33(25-35(48)54-42(9,10)11)46-37(49)34(26-52-40(3,4)5)47-38(50)36(45)28(2)53-41(6,7)8/h12-24,28,33-34,36H,25-26,45H2,1-11H3,(H,46,49)(H,47,50)/t28-,33+,34+,36+,43?/m1/s1. The Bertz CT molecular complexity index is 1760. The highest BCUT2D eigenvalue weighted by atomic mass is 35.5. The highest BCUT2D eigenvalue weighted by molar-refractivity contribution is 6.31. The first-order valence-corrected chi connectivity index (χ1v) is 18.8. The normalized spacial score (nSPS) is 15.4. The summed E-state index contributed by atoms with van der Waals surface area (Å²) in [6.07, 6.45) is -1.31. The van der Waals surface area contributed by atoms with Crippen molar-refractivity contribution in [3.05, 3.63) is 106 Å². The molecule has 0 aliphatic heterocycles. The van der Waals surface area contributed by atoms with Crippen molar-refractivity contribution in [2.24, 2.45) is 5.73 Å². The van der Waals surface area contributed by atoms with Crippen LogP contribution in [-0.4, -0.2) is 71.4 Å². The predicted octanol–water partition coefficient (Wildman–Crippen LogP) is 6.53. The minimum Gasteiger partial charge on any atom is -0.460 e. The van der Waals surface area contributed by atoms with E-state index in [0.29, 0.717) is 21.7 Å². The van der Waals surface area contributed by atoms with Gasteiger partial charge >= 0.3 is 11.9 Å². The van der Waals surface area contributed by atoms with Gasteiger partial charge in [-0.05, 0) is 82.2 Å².